The summed E-state index contributed by atoms with van der Waals surface area (Å²) >= 11 is 7.58. The van der Waals surface area contributed by atoms with Crippen LogP contribution in [-0.2, 0) is 16.1 Å². The van der Waals surface area contributed by atoms with Crippen molar-refractivity contribution in [3.05, 3.63) is 32.6 Å². The van der Waals surface area contributed by atoms with Crippen LogP contribution in [0.1, 0.15) is 22.4 Å². The van der Waals surface area contributed by atoms with Crippen LogP contribution in [0.3, 0.4) is 0 Å². The molecule has 0 bridgehead atoms. The van der Waals surface area contributed by atoms with Gasteiger partial charge in [0.2, 0.25) is 0 Å². The van der Waals surface area contributed by atoms with Crippen molar-refractivity contribution >= 4 is 68.6 Å². The number of β-lactam (4-membered cyclic amide) rings is 1. The number of carbonyl (C=O) groups is 3. The topological polar surface area (TPSA) is 130 Å². The number of hydrogen-bond acceptors (Lipinski definition) is 9. The number of aromatic nitrogens is 4. The lowest BCUT2D eigenvalue weighted by Crippen LogP contribution is -2.70. The van der Waals surface area contributed by atoms with Crippen LogP contribution in [0.5, 0.6) is 0 Å². The number of carboxylic acid groups (broad SMARTS) is 1. The summed E-state index contributed by atoms with van der Waals surface area (Å²) in [5, 5.41) is 25.0. The molecule has 2 amide bonds. The number of carbonyl (C=O) groups excluding carboxylic acids is 2. The van der Waals surface area contributed by atoms with Crippen molar-refractivity contribution in [1.82, 2.24) is 30.2 Å². The lowest BCUT2D eigenvalue weighted by Gasteiger charge is -2.49. The molecule has 0 spiro atoms. The molecule has 10 nitrogen and oxygen atoms in total. The smallest absolute Gasteiger partial charge is 0.352 e. The van der Waals surface area contributed by atoms with Crippen LogP contribution in [0.2, 0.25) is 0 Å². The molecule has 0 aliphatic carbocycles. The predicted molar refractivity (Wildman–Crippen MR) is 120 cm³/mol. The molecule has 2 aromatic rings. The van der Waals surface area contributed by atoms with E-state index in [0.29, 0.717) is 33.8 Å². The summed E-state index contributed by atoms with van der Waals surface area (Å²) in [5.41, 5.74) is 0.970. The Hall–Kier alpha value is -1.90. The molecule has 0 radical (unpaired) electrons. The molecule has 14 heteroatoms. The first-order valence-electron chi connectivity index (χ1n) is 9.16. The van der Waals surface area contributed by atoms with Gasteiger partial charge in [0, 0.05) is 18.1 Å². The number of nitrogens with zero attached hydrogens (tertiary/aromatic N) is 5. The minimum absolute atomic E-state index is 0.00670. The molecular formula is C17H17BrN6O4S3. The van der Waals surface area contributed by atoms with Crippen molar-refractivity contribution in [3.63, 3.8) is 0 Å². The number of thioether (sulfide) groups is 2. The van der Waals surface area contributed by atoms with Gasteiger partial charge in [-0.3, -0.25) is 19.2 Å². The fraction of sp³-hybridized carbons (Fsp3) is 0.412. The van der Waals surface area contributed by atoms with E-state index in [2.05, 4.69) is 36.5 Å². The van der Waals surface area contributed by atoms with Crippen molar-refractivity contribution in [1.29, 1.82) is 0 Å². The highest BCUT2D eigenvalue weighted by atomic mass is 79.9. The first kappa shape index (κ1) is 22.3. The Bertz CT molecular complexity index is 1100. The standard InChI is InChI=1S/C17H17BrN6O4S3/c1-3-23-12(9(18)4-19-23)13(25)20-10-14(26)24-11(16(27)28)8(5-29-15(10)24)6-30-17-22-21-7(2)31-17/h4,10,15H,3,5-6H2,1-2H3,(H,20,25)(H,27,28)/t10-,15-/m1/s1. The van der Waals surface area contributed by atoms with Gasteiger partial charge in [0.25, 0.3) is 11.8 Å². The Morgan fingerprint density at radius 1 is 1.42 bits per heavy atom. The molecule has 2 aromatic heterocycles. The Morgan fingerprint density at radius 3 is 2.84 bits per heavy atom. The van der Waals surface area contributed by atoms with E-state index >= 15 is 0 Å². The lowest BCUT2D eigenvalue weighted by atomic mass is 10.0. The van der Waals surface area contributed by atoms with Crippen molar-refractivity contribution in [2.24, 2.45) is 0 Å². The number of amides is 2. The predicted octanol–water partition coefficient (Wildman–Crippen LogP) is 1.97. The average Bonchev–Trinajstić information content (AvgIpc) is 3.34. The van der Waals surface area contributed by atoms with Crippen molar-refractivity contribution in [3.8, 4) is 0 Å². The second-order valence-corrected chi connectivity index (χ2v) is 11.0. The molecule has 0 aromatic carbocycles. The molecule has 2 atom stereocenters. The van der Waals surface area contributed by atoms with E-state index in [0.717, 1.165) is 9.35 Å². The molecule has 2 aliphatic heterocycles. The van der Waals surface area contributed by atoms with Gasteiger partial charge in [-0.25, -0.2) is 4.79 Å². The van der Waals surface area contributed by atoms with E-state index in [-0.39, 0.29) is 5.70 Å². The van der Waals surface area contributed by atoms with Crippen LogP contribution in [0.4, 0.5) is 0 Å². The largest absolute Gasteiger partial charge is 0.477 e. The Morgan fingerprint density at radius 2 is 2.19 bits per heavy atom. The molecule has 0 saturated carbocycles. The van der Waals surface area contributed by atoms with Gasteiger partial charge >= 0.3 is 5.97 Å². The minimum atomic E-state index is -1.15. The number of fused-ring (bicyclic) bond motifs is 1. The second kappa shape index (κ2) is 8.92. The number of halogens is 1. The van der Waals surface area contributed by atoms with E-state index in [9.17, 15) is 19.5 Å². The maximum atomic E-state index is 12.8. The molecule has 1 saturated heterocycles. The average molecular weight is 545 g/mol. The van der Waals surface area contributed by atoms with Gasteiger partial charge in [-0.05, 0) is 35.4 Å². The zero-order valence-corrected chi connectivity index (χ0v) is 20.4. The quantitative estimate of drug-likeness (QED) is 0.396. The number of hydrogen-bond donors (Lipinski definition) is 2. The van der Waals surface area contributed by atoms with Gasteiger partial charge in [0.15, 0.2) is 4.34 Å². The van der Waals surface area contributed by atoms with Crippen LogP contribution in [0, 0.1) is 6.92 Å². The van der Waals surface area contributed by atoms with E-state index in [1.165, 1.54) is 50.6 Å². The highest BCUT2D eigenvalue weighted by Gasteiger charge is 2.54. The van der Waals surface area contributed by atoms with E-state index in [4.69, 9.17) is 0 Å². The number of carboxylic acids is 1. The minimum Gasteiger partial charge on any atom is -0.477 e. The molecule has 2 aliphatic rings. The SMILES string of the molecule is CCn1ncc(Br)c1C(=O)N[C@@H]1C(=O)N2C(C(=O)O)=C(CSc3nnc(C)s3)CS[C@H]12. The number of rotatable bonds is 7. The summed E-state index contributed by atoms with van der Waals surface area (Å²) in [6.45, 7) is 4.21. The van der Waals surface area contributed by atoms with Gasteiger partial charge in [-0.2, -0.15) is 5.10 Å². The molecule has 2 N–H and O–H groups in total. The van der Waals surface area contributed by atoms with Crippen LogP contribution in [0.25, 0.3) is 0 Å². The van der Waals surface area contributed by atoms with Gasteiger partial charge in [-0.15, -0.1) is 22.0 Å². The summed E-state index contributed by atoms with van der Waals surface area (Å²) in [6.07, 6.45) is 1.53. The zero-order chi connectivity index (χ0) is 22.3. The zero-order valence-electron chi connectivity index (χ0n) is 16.4. The third-order valence-electron chi connectivity index (χ3n) is 4.72. The first-order chi connectivity index (χ1) is 14.8. The van der Waals surface area contributed by atoms with Crippen molar-refractivity contribution < 1.29 is 19.5 Å². The second-order valence-electron chi connectivity index (χ2n) is 6.65. The van der Waals surface area contributed by atoms with E-state index < -0.39 is 29.2 Å². The first-order valence-corrected chi connectivity index (χ1v) is 12.8. The summed E-state index contributed by atoms with van der Waals surface area (Å²) in [4.78, 5) is 38.8. The Balaban J connectivity index is 1.50. The fourth-order valence-electron chi connectivity index (χ4n) is 3.32. The van der Waals surface area contributed by atoms with Crippen LogP contribution >= 0.6 is 50.8 Å². The summed E-state index contributed by atoms with van der Waals surface area (Å²) in [5.74, 6) is -1.17. The summed E-state index contributed by atoms with van der Waals surface area (Å²) < 4.78 is 2.81. The maximum absolute atomic E-state index is 12.8. The fourth-order valence-corrected chi connectivity index (χ4v) is 7.09. The summed E-state index contributed by atoms with van der Waals surface area (Å²) in [6, 6.07) is -0.793. The van der Waals surface area contributed by atoms with Crippen LogP contribution in [0.15, 0.2) is 26.3 Å². The molecule has 4 heterocycles. The van der Waals surface area contributed by atoms with Crippen LogP contribution < -0.4 is 5.32 Å². The molecule has 1 fully saturated rings. The molecule has 4 rings (SSSR count). The van der Waals surface area contributed by atoms with Gasteiger partial charge in [-0.1, -0.05) is 23.1 Å². The molecular weight excluding hydrogens is 528 g/mol. The Labute approximate surface area is 198 Å². The van der Waals surface area contributed by atoms with Crippen LogP contribution in [-0.4, -0.2) is 70.7 Å². The summed E-state index contributed by atoms with van der Waals surface area (Å²) in [7, 11) is 0. The highest BCUT2D eigenvalue weighted by molar-refractivity contribution is 9.10. The van der Waals surface area contributed by atoms with E-state index in [1.54, 1.807) is 0 Å². The number of aliphatic carboxylic acids is 1. The highest BCUT2D eigenvalue weighted by Crippen LogP contribution is 2.42. The third-order valence-corrected chi connectivity index (χ3v) is 8.70. The van der Waals surface area contributed by atoms with Gasteiger partial charge in [0.05, 0.1) is 10.7 Å². The third kappa shape index (κ3) is 4.13. The van der Waals surface area contributed by atoms with Gasteiger partial charge in [0.1, 0.15) is 27.8 Å². The molecule has 164 valence electrons. The van der Waals surface area contributed by atoms with Crippen molar-refractivity contribution in [2.45, 2.75) is 36.1 Å². The lowest BCUT2D eigenvalue weighted by molar-refractivity contribution is -0.148. The monoisotopic (exact) mass is 544 g/mol. The normalized spacial score (nSPS) is 20.5. The molecule has 31 heavy (non-hydrogen) atoms. The van der Waals surface area contributed by atoms with E-state index in [1.807, 2.05) is 13.8 Å². The maximum Gasteiger partial charge on any atom is 0.352 e. The number of aryl methyl sites for hydroxylation is 2. The van der Waals surface area contributed by atoms with Gasteiger partial charge < -0.3 is 10.4 Å². The van der Waals surface area contributed by atoms with Crippen molar-refractivity contribution in [2.75, 3.05) is 11.5 Å². The molecule has 0 unspecified atom stereocenters. The Kier molecular flexibility index (Phi) is 6.42. The number of nitrogens with one attached hydrogen (secondary N) is 1.